The van der Waals surface area contributed by atoms with E-state index in [4.69, 9.17) is 0 Å². The summed E-state index contributed by atoms with van der Waals surface area (Å²) in [5, 5.41) is 7.35. The van der Waals surface area contributed by atoms with Gasteiger partial charge in [0.2, 0.25) is 5.91 Å². The SMILES string of the molecule is CCN(Cc1ccccc1)c1ccc(/C=N/N2CC(=O)NC2=O)cc1. The molecule has 0 spiro atoms. The third-order valence-corrected chi connectivity index (χ3v) is 3.98. The molecule has 0 aromatic heterocycles. The summed E-state index contributed by atoms with van der Waals surface area (Å²) in [6.45, 7) is 3.84. The monoisotopic (exact) mass is 336 g/mol. The molecule has 0 atom stereocenters. The highest BCUT2D eigenvalue weighted by atomic mass is 16.2. The van der Waals surface area contributed by atoms with Crippen molar-refractivity contribution in [1.82, 2.24) is 10.3 Å². The van der Waals surface area contributed by atoms with Crippen LogP contribution in [0.2, 0.25) is 0 Å². The van der Waals surface area contributed by atoms with Crippen LogP contribution in [0.3, 0.4) is 0 Å². The van der Waals surface area contributed by atoms with E-state index < -0.39 is 6.03 Å². The number of hydrazone groups is 1. The van der Waals surface area contributed by atoms with Gasteiger partial charge in [-0.1, -0.05) is 42.5 Å². The summed E-state index contributed by atoms with van der Waals surface area (Å²) in [5.41, 5.74) is 3.25. The highest BCUT2D eigenvalue weighted by molar-refractivity contribution is 6.02. The summed E-state index contributed by atoms with van der Waals surface area (Å²) >= 11 is 0. The van der Waals surface area contributed by atoms with Gasteiger partial charge in [0.25, 0.3) is 0 Å². The first kappa shape index (κ1) is 16.7. The van der Waals surface area contributed by atoms with E-state index >= 15 is 0 Å². The van der Waals surface area contributed by atoms with Crippen molar-refractivity contribution in [3.8, 4) is 0 Å². The molecule has 1 aliphatic rings. The average Bonchev–Trinajstić information content (AvgIpc) is 2.96. The summed E-state index contributed by atoms with van der Waals surface area (Å²) in [7, 11) is 0. The summed E-state index contributed by atoms with van der Waals surface area (Å²) in [5.74, 6) is -0.336. The highest BCUT2D eigenvalue weighted by Crippen LogP contribution is 2.17. The van der Waals surface area contributed by atoms with E-state index in [0.29, 0.717) is 0 Å². The Morgan fingerprint density at radius 3 is 2.44 bits per heavy atom. The molecule has 0 saturated carbocycles. The molecule has 25 heavy (non-hydrogen) atoms. The van der Waals surface area contributed by atoms with Gasteiger partial charge < -0.3 is 4.90 Å². The quantitative estimate of drug-likeness (QED) is 0.651. The van der Waals surface area contributed by atoms with Crippen LogP contribution in [0.5, 0.6) is 0 Å². The summed E-state index contributed by atoms with van der Waals surface area (Å²) in [6.07, 6.45) is 1.58. The van der Waals surface area contributed by atoms with Gasteiger partial charge in [-0.15, -0.1) is 0 Å². The van der Waals surface area contributed by atoms with Crippen molar-refractivity contribution in [1.29, 1.82) is 0 Å². The molecule has 1 aliphatic heterocycles. The van der Waals surface area contributed by atoms with Crippen molar-refractivity contribution in [3.05, 3.63) is 65.7 Å². The van der Waals surface area contributed by atoms with Crippen molar-refractivity contribution in [2.45, 2.75) is 13.5 Å². The molecule has 6 heteroatoms. The lowest BCUT2D eigenvalue weighted by Gasteiger charge is -2.23. The van der Waals surface area contributed by atoms with E-state index in [1.807, 2.05) is 42.5 Å². The highest BCUT2D eigenvalue weighted by Gasteiger charge is 2.25. The predicted molar refractivity (Wildman–Crippen MR) is 97.4 cm³/mol. The summed E-state index contributed by atoms with van der Waals surface area (Å²) in [6, 6.07) is 17.8. The zero-order valence-corrected chi connectivity index (χ0v) is 14.1. The van der Waals surface area contributed by atoms with Crippen LogP contribution in [0, 0.1) is 0 Å². The van der Waals surface area contributed by atoms with E-state index in [2.05, 4.69) is 34.4 Å². The zero-order chi connectivity index (χ0) is 17.6. The van der Waals surface area contributed by atoms with Crippen molar-refractivity contribution >= 4 is 23.8 Å². The lowest BCUT2D eigenvalue weighted by molar-refractivity contribution is -0.118. The van der Waals surface area contributed by atoms with Crippen LogP contribution in [-0.4, -0.2) is 36.3 Å². The lowest BCUT2D eigenvalue weighted by Crippen LogP contribution is -2.24. The number of benzene rings is 2. The molecule has 1 saturated heterocycles. The van der Waals surface area contributed by atoms with Crippen molar-refractivity contribution < 1.29 is 9.59 Å². The number of carbonyl (C=O) groups is 2. The Labute approximate surface area is 146 Å². The molecule has 128 valence electrons. The van der Waals surface area contributed by atoms with Crippen molar-refractivity contribution in [2.24, 2.45) is 5.10 Å². The Morgan fingerprint density at radius 1 is 1.12 bits per heavy atom. The normalized spacial score (nSPS) is 14.2. The third kappa shape index (κ3) is 4.23. The molecule has 2 aromatic carbocycles. The maximum absolute atomic E-state index is 11.4. The van der Waals surface area contributed by atoms with Crippen molar-refractivity contribution in [3.63, 3.8) is 0 Å². The Morgan fingerprint density at radius 2 is 1.84 bits per heavy atom. The van der Waals surface area contributed by atoms with Crippen molar-refractivity contribution in [2.75, 3.05) is 18.0 Å². The average molecular weight is 336 g/mol. The third-order valence-electron chi connectivity index (χ3n) is 3.98. The number of amides is 3. The number of nitrogens with one attached hydrogen (secondary N) is 1. The second kappa shape index (κ2) is 7.61. The summed E-state index contributed by atoms with van der Waals surface area (Å²) in [4.78, 5) is 24.8. The molecule has 3 amide bonds. The van der Waals surface area contributed by atoms with Gasteiger partial charge in [0, 0.05) is 18.8 Å². The number of nitrogens with zero attached hydrogens (tertiary/aromatic N) is 3. The fourth-order valence-corrected chi connectivity index (χ4v) is 2.62. The molecule has 2 aromatic rings. The predicted octanol–water partition coefficient (Wildman–Crippen LogP) is 2.60. The second-order valence-corrected chi connectivity index (χ2v) is 5.75. The largest absolute Gasteiger partial charge is 0.367 e. The molecule has 3 rings (SSSR count). The van der Waals surface area contributed by atoms with Gasteiger partial charge >= 0.3 is 6.03 Å². The Hall–Kier alpha value is -3.15. The van der Waals surface area contributed by atoms with E-state index in [1.165, 1.54) is 5.56 Å². The fourth-order valence-electron chi connectivity index (χ4n) is 2.62. The number of rotatable bonds is 6. The number of anilines is 1. The minimum Gasteiger partial charge on any atom is -0.367 e. The molecule has 0 radical (unpaired) electrons. The van der Waals surface area contributed by atoms with Gasteiger partial charge in [0.1, 0.15) is 6.54 Å². The first-order valence-electron chi connectivity index (χ1n) is 8.20. The standard InChI is InChI=1S/C19H20N4O2/c1-2-22(13-16-6-4-3-5-7-16)17-10-8-15(9-11-17)12-20-23-14-18(24)21-19(23)25/h3-12H,2,13-14H2,1H3,(H,21,24,25)/b20-12+. The second-order valence-electron chi connectivity index (χ2n) is 5.75. The summed E-state index contributed by atoms with van der Waals surface area (Å²) < 4.78 is 0. The molecule has 0 bridgehead atoms. The van der Waals surface area contributed by atoms with Gasteiger partial charge in [-0.05, 0) is 30.2 Å². The molecule has 1 heterocycles. The van der Waals surface area contributed by atoms with Gasteiger partial charge in [0.15, 0.2) is 0 Å². The van der Waals surface area contributed by atoms with Crippen LogP contribution < -0.4 is 10.2 Å². The number of hydrogen-bond donors (Lipinski definition) is 1. The first-order valence-corrected chi connectivity index (χ1v) is 8.20. The smallest absolute Gasteiger partial charge is 0.344 e. The van der Waals surface area contributed by atoms with Gasteiger partial charge in [-0.25, -0.2) is 9.80 Å². The van der Waals surface area contributed by atoms with E-state index in [-0.39, 0.29) is 12.5 Å². The fraction of sp³-hybridized carbons (Fsp3) is 0.211. The Bertz CT molecular complexity index is 772. The maximum Gasteiger partial charge on any atom is 0.344 e. The molecule has 1 N–H and O–H groups in total. The van der Waals surface area contributed by atoms with Crippen LogP contribution >= 0.6 is 0 Å². The minimum absolute atomic E-state index is 0.0336. The van der Waals surface area contributed by atoms with Gasteiger partial charge in [0.05, 0.1) is 6.21 Å². The maximum atomic E-state index is 11.4. The number of hydrogen-bond acceptors (Lipinski definition) is 4. The van der Waals surface area contributed by atoms with E-state index in [0.717, 1.165) is 29.3 Å². The van der Waals surface area contributed by atoms with Crippen LogP contribution in [-0.2, 0) is 11.3 Å². The molecular formula is C19H20N4O2. The lowest BCUT2D eigenvalue weighted by atomic mass is 10.1. The number of urea groups is 1. The van der Waals surface area contributed by atoms with Gasteiger partial charge in [-0.2, -0.15) is 5.10 Å². The molecule has 6 nitrogen and oxygen atoms in total. The molecule has 0 aliphatic carbocycles. The molecule has 1 fully saturated rings. The van der Waals surface area contributed by atoms with Crippen LogP contribution in [0.1, 0.15) is 18.1 Å². The number of imide groups is 1. The van der Waals surface area contributed by atoms with Crippen LogP contribution in [0.15, 0.2) is 59.7 Å². The molecule has 0 unspecified atom stereocenters. The van der Waals surface area contributed by atoms with Crippen LogP contribution in [0.4, 0.5) is 10.5 Å². The Kier molecular flexibility index (Phi) is 5.09. The van der Waals surface area contributed by atoms with E-state index in [9.17, 15) is 9.59 Å². The Balaban J connectivity index is 1.66. The van der Waals surface area contributed by atoms with E-state index in [1.54, 1.807) is 6.21 Å². The minimum atomic E-state index is -0.488. The first-order chi connectivity index (χ1) is 12.2. The molecular weight excluding hydrogens is 316 g/mol. The number of carbonyl (C=O) groups excluding carboxylic acids is 2. The van der Waals surface area contributed by atoms with Crippen LogP contribution in [0.25, 0.3) is 0 Å². The van der Waals surface area contributed by atoms with Gasteiger partial charge in [-0.3, -0.25) is 10.1 Å². The topological polar surface area (TPSA) is 65.0 Å². The zero-order valence-electron chi connectivity index (χ0n) is 14.1.